The first-order valence-corrected chi connectivity index (χ1v) is 3.51. The SMILES string of the molecule is CC=C(C)C(=O)NC(C)C. The average Bonchev–Trinajstić information content (AvgIpc) is 1.85. The van der Waals surface area contributed by atoms with Crippen LogP contribution in [0.2, 0.25) is 0 Å². The van der Waals surface area contributed by atoms with E-state index >= 15 is 0 Å². The summed E-state index contributed by atoms with van der Waals surface area (Å²) < 4.78 is 0. The van der Waals surface area contributed by atoms with Crippen LogP contribution in [0.25, 0.3) is 0 Å². The Hall–Kier alpha value is -0.790. The van der Waals surface area contributed by atoms with E-state index in [2.05, 4.69) is 5.32 Å². The normalized spacial score (nSPS) is 11.9. The van der Waals surface area contributed by atoms with Gasteiger partial charge in [-0.25, -0.2) is 0 Å². The Bertz CT molecular complexity index is 147. The molecule has 10 heavy (non-hydrogen) atoms. The highest BCUT2D eigenvalue weighted by Gasteiger charge is 2.02. The van der Waals surface area contributed by atoms with Gasteiger partial charge in [-0.05, 0) is 27.7 Å². The van der Waals surface area contributed by atoms with Crippen molar-refractivity contribution in [3.63, 3.8) is 0 Å². The average molecular weight is 141 g/mol. The minimum atomic E-state index is 0.0255. The summed E-state index contributed by atoms with van der Waals surface area (Å²) in [6.45, 7) is 7.55. The summed E-state index contributed by atoms with van der Waals surface area (Å²) in [5.41, 5.74) is 0.772. The summed E-state index contributed by atoms with van der Waals surface area (Å²) in [7, 11) is 0. The predicted octanol–water partition coefficient (Wildman–Crippen LogP) is 1.48. The molecule has 1 N–H and O–H groups in total. The zero-order chi connectivity index (χ0) is 8.15. The van der Waals surface area contributed by atoms with Gasteiger partial charge in [-0.1, -0.05) is 6.08 Å². The van der Waals surface area contributed by atoms with Gasteiger partial charge in [-0.2, -0.15) is 0 Å². The number of allylic oxidation sites excluding steroid dienone is 1. The Morgan fingerprint density at radius 2 is 2.00 bits per heavy atom. The first kappa shape index (κ1) is 9.21. The van der Waals surface area contributed by atoms with Crippen molar-refractivity contribution in [2.75, 3.05) is 0 Å². The van der Waals surface area contributed by atoms with Crippen LogP contribution in [0.15, 0.2) is 11.6 Å². The molecule has 0 saturated heterocycles. The lowest BCUT2D eigenvalue weighted by Gasteiger charge is -2.07. The third-order valence-corrected chi connectivity index (χ3v) is 1.21. The highest BCUT2D eigenvalue weighted by molar-refractivity contribution is 5.92. The van der Waals surface area contributed by atoms with E-state index in [4.69, 9.17) is 0 Å². The zero-order valence-corrected chi connectivity index (χ0v) is 7.06. The number of hydrogen-bond donors (Lipinski definition) is 1. The Morgan fingerprint density at radius 1 is 1.50 bits per heavy atom. The van der Waals surface area contributed by atoms with Gasteiger partial charge < -0.3 is 5.32 Å². The van der Waals surface area contributed by atoms with Crippen molar-refractivity contribution in [3.05, 3.63) is 11.6 Å². The lowest BCUT2D eigenvalue weighted by molar-refractivity contribution is -0.117. The van der Waals surface area contributed by atoms with Crippen LogP contribution in [-0.2, 0) is 4.79 Å². The van der Waals surface area contributed by atoms with Crippen molar-refractivity contribution in [1.29, 1.82) is 0 Å². The number of nitrogens with one attached hydrogen (secondary N) is 1. The molecule has 0 spiro atoms. The molecule has 0 aliphatic heterocycles. The molecule has 0 aromatic rings. The largest absolute Gasteiger partial charge is 0.350 e. The fraction of sp³-hybridized carbons (Fsp3) is 0.625. The van der Waals surface area contributed by atoms with Gasteiger partial charge in [-0.3, -0.25) is 4.79 Å². The maximum Gasteiger partial charge on any atom is 0.246 e. The molecule has 1 amide bonds. The molecule has 0 atom stereocenters. The van der Waals surface area contributed by atoms with Crippen molar-refractivity contribution in [3.8, 4) is 0 Å². The number of amides is 1. The van der Waals surface area contributed by atoms with E-state index in [0.717, 1.165) is 5.57 Å². The lowest BCUT2D eigenvalue weighted by atomic mass is 10.2. The predicted molar refractivity (Wildman–Crippen MR) is 42.7 cm³/mol. The number of rotatable bonds is 2. The fourth-order valence-corrected chi connectivity index (χ4v) is 0.507. The third kappa shape index (κ3) is 3.28. The third-order valence-electron chi connectivity index (χ3n) is 1.21. The van der Waals surface area contributed by atoms with Crippen molar-refractivity contribution in [2.24, 2.45) is 0 Å². The van der Waals surface area contributed by atoms with E-state index in [0.29, 0.717) is 0 Å². The highest BCUT2D eigenvalue weighted by Crippen LogP contribution is 1.91. The first-order chi connectivity index (χ1) is 4.57. The van der Waals surface area contributed by atoms with E-state index < -0.39 is 0 Å². The molecule has 0 saturated carbocycles. The molecule has 0 aromatic heterocycles. The van der Waals surface area contributed by atoms with Gasteiger partial charge >= 0.3 is 0 Å². The molecule has 2 nitrogen and oxygen atoms in total. The molecule has 0 radical (unpaired) electrons. The van der Waals surface area contributed by atoms with Gasteiger partial charge in [0.1, 0.15) is 0 Å². The molecule has 0 fully saturated rings. The van der Waals surface area contributed by atoms with Crippen LogP contribution in [0.4, 0.5) is 0 Å². The van der Waals surface area contributed by atoms with Crippen LogP contribution >= 0.6 is 0 Å². The Morgan fingerprint density at radius 3 is 2.30 bits per heavy atom. The van der Waals surface area contributed by atoms with Crippen LogP contribution in [0.5, 0.6) is 0 Å². The number of hydrogen-bond acceptors (Lipinski definition) is 1. The summed E-state index contributed by atoms with van der Waals surface area (Å²) in [6.07, 6.45) is 1.80. The minimum absolute atomic E-state index is 0.0255. The lowest BCUT2D eigenvalue weighted by Crippen LogP contribution is -2.30. The molecule has 0 unspecified atom stereocenters. The van der Waals surface area contributed by atoms with Crippen molar-refractivity contribution in [1.82, 2.24) is 5.32 Å². The van der Waals surface area contributed by atoms with E-state index in [1.54, 1.807) is 13.0 Å². The topological polar surface area (TPSA) is 29.1 Å². The summed E-state index contributed by atoms with van der Waals surface area (Å²) in [6, 6.07) is 0.224. The monoisotopic (exact) mass is 141 g/mol. The van der Waals surface area contributed by atoms with E-state index in [1.165, 1.54) is 0 Å². The fourth-order valence-electron chi connectivity index (χ4n) is 0.507. The Labute approximate surface area is 62.3 Å². The molecule has 0 aromatic carbocycles. The van der Waals surface area contributed by atoms with E-state index in [9.17, 15) is 4.79 Å². The highest BCUT2D eigenvalue weighted by atomic mass is 16.1. The molecular formula is C8H15NO. The Kier molecular flexibility index (Phi) is 3.77. The van der Waals surface area contributed by atoms with Gasteiger partial charge in [0.2, 0.25) is 5.91 Å². The van der Waals surface area contributed by atoms with Crippen LogP contribution in [0, 0.1) is 0 Å². The Balaban J connectivity index is 3.86. The number of carbonyl (C=O) groups excluding carboxylic acids is 1. The molecule has 0 rings (SSSR count). The van der Waals surface area contributed by atoms with E-state index in [-0.39, 0.29) is 11.9 Å². The van der Waals surface area contributed by atoms with Gasteiger partial charge in [0, 0.05) is 11.6 Å². The first-order valence-electron chi connectivity index (χ1n) is 3.51. The molecule has 0 bridgehead atoms. The van der Waals surface area contributed by atoms with E-state index in [1.807, 2.05) is 20.8 Å². The molecule has 2 heteroatoms. The van der Waals surface area contributed by atoms with Crippen LogP contribution < -0.4 is 5.32 Å². The van der Waals surface area contributed by atoms with Crippen LogP contribution in [-0.4, -0.2) is 11.9 Å². The summed E-state index contributed by atoms with van der Waals surface area (Å²) >= 11 is 0. The molecule has 0 aliphatic rings. The second kappa shape index (κ2) is 4.09. The standard InChI is InChI=1S/C8H15NO/c1-5-7(4)8(10)9-6(2)3/h5-6H,1-4H3,(H,9,10). The van der Waals surface area contributed by atoms with Crippen LogP contribution in [0.1, 0.15) is 27.7 Å². The zero-order valence-electron chi connectivity index (χ0n) is 7.06. The van der Waals surface area contributed by atoms with Crippen LogP contribution in [0.3, 0.4) is 0 Å². The molecule has 0 heterocycles. The quantitative estimate of drug-likeness (QED) is 0.580. The number of carbonyl (C=O) groups is 1. The van der Waals surface area contributed by atoms with Gasteiger partial charge in [0.05, 0.1) is 0 Å². The maximum absolute atomic E-state index is 11.0. The van der Waals surface area contributed by atoms with Crippen molar-refractivity contribution >= 4 is 5.91 Å². The summed E-state index contributed by atoms with van der Waals surface area (Å²) in [4.78, 5) is 11.0. The summed E-state index contributed by atoms with van der Waals surface area (Å²) in [5, 5.41) is 2.79. The molecule has 0 aliphatic carbocycles. The second-order valence-electron chi connectivity index (χ2n) is 2.60. The van der Waals surface area contributed by atoms with Gasteiger partial charge in [-0.15, -0.1) is 0 Å². The van der Waals surface area contributed by atoms with Gasteiger partial charge in [0.25, 0.3) is 0 Å². The van der Waals surface area contributed by atoms with Crippen molar-refractivity contribution < 1.29 is 4.79 Å². The second-order valence-corrected chi connectivity index (χ2v) is 2.60. The minimum Gasteiger partial charge on any atom is -0.350 e. The summed E-state index contributed by atoms with van der Waals surface area (Å²) in [5.74, 6) is 0.0255. The maximum atomic E-state index is 11.0. The van der Waals surface area contributed by atoms with Crippen molar-refractivity contribution in [2.45, 2.75) is 33.7 Å². The molecule has 58 valence electrons. The smallest absolute Gasteiger partial charge is 0.246 e. The van der Waals surface area contributed by atoms with Gasteiger partial charge in [0.15, 0.2) is 0 Å². The molecular weight excluding hydrogens is 126 g/mol.